The molecule has 0 amide bonds. The molecule has 1 saturated heterocycles. The van der Waals surface area contributed by atoms with E-state index in [-0.39, 0.29) is 17.2 Å². The molecule has 0 aromatic rings. The summed E-state index contributed by atoms with van der Waals surface area (Å²) in [6.07, 6.45) is 0.611. The Morgan fingerprint density at radius 2 is 1.75 bits per heavy atom. The Balaban J connectivity index is 2.56. The van der Waals surface area contributed by atoms with E-state index in [4.69, 9.17) is 4.74 Å². The number of rotatable bonds is 6. The van der Waals surface area contributed by atoms with Crippen LogP contribution in [0.25, 0.3) is 0 Å². The summed E-state index contributed by atoms with van der Waals surface area (Å²) in [5.74, 6) is -0.773. The van der Waals surface area contributed by atoms with Gasteiger partial charge < -0.3 is 15.2 Å². The number of hydrogen-bond acceptors (Lipinski definition) is 4. The van der Waals surface area contributed by atoms with Gasteiger partial charge in [-0.25, -0.2) is 0 Å². The van der Waals surface area contributed by atoms with Gasteiger partial charge in [0.15, 0.2) is 0 Å². The molecule has 1 aliphatic heterocycles. The molecule has 0 aliphatic carbocycles. The van der Waals surface area contributed by atoms with E-state index in [0.717, 1.165) is 19.6 Å². The third kappa shape index (κ3) is 5.77. The lowest BCUT2D eigenvalue weighted by Gasteiger charge is -2.47. The molecule has 0 bridgehead atoms. The van der Waals surface area contributed by atoms with Gasteiger partial charge in [0, 0.05) is 25.7 Å². The van der Waals surface area contributed by atoms with E-state index >= 15 is 0 Å². The van der Waals surface area contributed by atoms with Crippen molar-refractivity contribution in [2.75, 3.05) is 19.6 Å². The van der Waals surface area contributed by atoms with Gasteiger partial charge in [0.25, 0.3) is 0 Å². The van der Waals surface area contributed by atoms with Crippen LogP contribution in [0.2, 0.25) is 0 Å². The molecule has 5 heteroatoms. The number of hydrogen-bond donors (Lipinski definition) is 2. The van der Waals surface area contributed by atoms with Crippen LogP contribution >= 0.6 is 0 Å². The van der Waals surface area contributed by atoms with E-state index in [2.05, 4.69) is 37.9 Å². The largest absolute Gasteiger partial charge is 0.480 e. The van der Waals surface area contributed by atoms with Crippen LogP contribution < -0.4 is 5.32 Å². The molecule has 0 aromatic heterocycles. The van der Waals surface area contributed by atoms with E-state index < -0.39 is 12.0 Å². The summed E-state index contributed by atoms with van der Waals surface area (Å²) in [6.45, 7) is 14.7. The molecule has 2 N–H and O–H groups in total. The summed E-state index contributed by atoms with van der Waals surface area (Å²) >= 11 is 0. The van der Waals surface area contributed by atoms with Gasteiger partial charge in [0.1, 0.15) is 6.04 Å². The second-order valence-electron chi connectivity index (χ2n) is 7.33. The zero-order chi connectivity index (χ0) is 15.6. The maximum atomic E-state index is 11.3. The van der Waals surface area contributed by atoms with Crippen LogP contribution in [0.5, 0.6) is 0 Å². The number of carboxylic acids is 1. The molecule has 1 aliphatic rings. The predicted molar refractivity (Wildman–Crippen MR) is 80.0 cm³/mol. The van der Waals surface area contributed by atoms with Crippen LogP contribution in [0.1, 0.15) is 48.0 Å². The number of aliphatic carboxylic acids is 1. The standard InChI is InChI=1S/C15H30N2O3/c1-11(2)16-12(13(18)19)7-8-17-9-14(3,4)20-15(5,6)10-17/h11-12,16H,7-10H2,1-6H3,(H,18,19). The third-order valence-corrected chi connectivity index (χ3v) is 3.33. The summed E-state index contributed by atoms with van der Waals surface area (Å²) < 4.78 is 6.04. The molecular weight excluding hydrogens is 256 g/mol. The second-order valence-corrected chi connectivity index (χ2v) is 7.33. The Morgan fingerprint density at radius 3 is 2.15 bits per heavy atom. The van der Waals surface area contributed by atoms with Crippen molar-refractivity contribution in [3.8, 4) is 0 Å². The Kier molecular flexibility index (Phi) is 5.58. The Morgan fingerprint density at radius 1 is 1.25 bits per heavy atom. The first-order valence-electron chi connectivity index (χ1n) is 7.42. The first-order chi connectivity index (χ1) is 9.01. The first kappa shape index (κ1) is 17.4. The van der Waals surface area contributed by atoms with Gasteiger partial charge in [0.2, 0.25) is 0 Å². The highest BCUT2D eigenvalue weighted by Crippen LogP contribution is 2.28. The fourth-order valence-electron chi connectivity index (χ4n) is 3.10. The number of nitrogens with one attached hydrogen (secondary N) is 1. The fourth-order valence-corrected chi connectivity index (χ4v) is 3.10. The molecule has 0 aromatic carbocycles. The number of ether oxygens (including phenoxy) is 1. The van der Waals surface area contributed by atoms with E-state index in [1.54, 1.807) is 0 Å². The highest BCUT2D eigenvalue weighted by molar-refractivity contribution is 5.73. The van der Waals surface area contributed by atoms with Gasteiger partial charge in [-0.1, -0.05) is 13.8 Å². The number of nitrogens with zero attached hydrogens (tertiary/aromatic N) is 1. The number of morpholine rings is 1. The van der Waals surface area contributed by atoms with Crippen molar-refractivity contribution in [2.45, 2.75) is 71.2 Å². The Bertz CT molecular complexity index is 324. The smallest absolute Gasteiger partial charge is 0.320 e. The average Bonchev–Trinajstić information content (AvgIpc) is 2.18. The highest BCUT2D eigenvalue weighted by atomic mass is 16.5. The Labute approximate surface area is 122 Å². The zero-order valence-corrected chi connectivity index (χ0v) is 13.7. The molecule has 5 nitrogen and oxygen atoms in total. The van der Waals surface area contributed by atoms with Crippen molar-refractivity contribution in [3.63, 3.8) is 0 Å². The van der Waals surface area contributed by atoms with Crippen molar-refractivity contribution in [1.82, 2.24) is 10.2 Å². The van der Waals surface area contributed by atoms with Gasteiger partial charge in [0.05, 0.1) is 11.2 Å². The van der Waals surface area contributed by atoms with Gasteiger partial charge in [-0.15, -0.1) is 0 Å². The summed E-state index contributed by atoms with van der Waals surface area (Å²) in [5.41, 5.74) is -0.377. The molecule has 1 atom stereocenters. The lowest BCUT2D eigenvalue weighted by atomic mass is 9.98. The maximum absolute atomic E-state index is 11.3. The van der Waals surface area contributed by atoms with Crippen LogP contribution in [-0.4, -0.2) is 58.9 Å². The molecule has 0 saturated carbocycles. The van der Waals surface area contributed by atoms with E-state index in [1.165, 1.54) is 0 Å². The van der Waals surface area contributed by atoms with Crippen molar-refractivity contribution >= 4 is 5.97 Å². The van der Waals surface area contributed by atoms with Crippen molar-refractivity contribution < 1.29 is 14.6 Å². The maximum Gasteiger partial charge on any atom is 0.320 e. The minimum Gasteiger partial charge on any atom is -0.480 e. The number of carbonyl (C=O) groups is 1. The van der Waals surface area contributed by atoms with Crippen molar-refractivity contribution in [3.05, 3.63) is 0 Å². The van der Waals surface area contributed by atoms with E-state index in [9.17, 15) is 9.90 Å². The second kappa shape index (κ2) is 6.41. The van der Waals surface area contributed by atoms with Crippen LogP contribution in [0.4, 0.5) is 0 Å². The molecule has 20 heavy (non-hydrogen) atoms. The SMILES string of the molecule is CC(C)NC(CCN1CC(C)(C)OC(C)(C)C1)C(=O)O. The van der Waals surface area contributed by atoms with Crippen molar-refractivity contribution in [2.24, 2.45) is 0 Å². The highest BCUT2D eigenvalue weighted by Gasteiger charge is 2.38. The lowest BCUT2D eigenvalue weighted by Crippen LogP contribution is -2.57. The van der Waals surface area contributed by atoms with E-state index in [0.29, 0.717) is 6.42 Å². The summed E-state index contributed by atoms with van der Waals surface area (Å²) in [5, 5.41) is 12.4. The fraction of sp³-hybridized carbons (Fsp3) is 0.933. The number of carboxylic acid groups (broad SMARTS) is 1. The van der Waals surface area contributed by atoms with Gasteiger partial charge >= 0.3 is 5.97 Å². The molecule has 1 heterocycles. The molecule has 118 valence electrons. The van der Waals surface area contributed by atoms with Crippen LogP contribution in [0.15, 0.2) is 0 Å². The zero-order valence-electron chi connectivity index (χ0n) is 13.7. The van der Waals surface area contributed by atoms with Gasteiger partial charge in [-0.2, -0.15) is 0 Å². The monoisotopic (exact) mass is 286 g/mol. The topological polar surface area (TPSA) is 61.8 Å². The normalized spacial score (nSPS) is 23.8. The van der Waals surface area contributed by atoms with Gasteiger partial charge in [-0.3, -0.25) is 9.69 Å². The van der Waals surface area contributed by atoms with Crippen molar-refractivity contribution in [1.29, 1.82) is 0 Å². The predicted octanol–water partition coefficient (Wildman–Crippen LogP) is 1.72. The minimum absolute atomic E-state index is 0.175. The third-order valence-electron chi connectivity index (χ3n) is 3.33. The first-order valence-corrected chi connectivity index (χ1v) is 7.42. The van der Waals surface area contributed by atoms with E-state index in [1.807, 2.05) is 13.8 Å². The van der Waals surface area contributed by atoms with Crippen LogP contribution in [-0.2, 0) is 9.53 Å². The van der Waals surface area contributed by atoms with Gasteiger partial charge in [-0.05, 0) is 34.1 Å². The molecule has 1 rings (SSSR count). The average molecular weight is 286 g/mol. The van der Waals surface area contributed by atoms with Crippen LogP contribution in [0, 0.1) is 0 Å². The summed E-state index contributed by atoms with van der Waals surface area (Å²) in [4.78, 5) is 13.6. The molecule has 0 radical (unpaired) electrons. The Hall–Kier alpha value is -0.650. The summed E-state index contributed by atoms with van der Waals surface area (Å²) in [7, 11) is 0. The lowest BCUT2D eigenvalue weighted by molar-refractivity contribution is -0.180. The quantitative estimate of drug-likeness (QED) is 0.778. The molecular formula is C15H30N2O3. The molecule has 1 unspecified atom stereocenters. The molecule has 0 spiro atoms. The molecule has 1 fully saturated rings. The summed E-state index contributed by atoms with van der Waals surface area (Å²) in [6, 6.07) is -0.308. The minimum atomic E-state index is -0.773. The van der Waals surface area contributed by atoms with Crippen LogP contribution in [0.3, 0.4) is 0 Å².